The fourth-order valence-electron chi connectivity index (χ4n) is 1.70. The average molecular weight is 193 g/mol. The van der Waals surface area contributed by atoms with Crippen LogP contribution in [0.15, 0.2) is 6.20 Å². The minimum absolute atomic E-state index is 0.418. The van der Waals surface area contributed by atoms with E-state index in [9.17, 15) is 0 Å². The molecule has 1 fully saturated rings. The highest BCUT2D eigenvalue weighted by molar-refractivity contribution is 5.17. The third kappa shape index (κ3) is 1.98. The summed E-state index contributed by atoms with van der Waals surface area (Å²) in [6, 6.07) is 0. The van der Waals surface area contributed by atoms with Crippen LogP contribution in [-0.4, -0.2) is 15.3 Å². The Kier molecular flexibility index (Phi) is 2.35. The fraction of sp³-hybridized carbons (Fsp3) is 0.727. The van der Waals surface area contributed by atoms with Crippen LogP contribution in [0.5, 0.6) is 0 Å². The molecular weight excluding hydrogens is 174 g/mol. The minimum Gasteiger partial charge on any atom is -0.307 e. The SMILES string of the molecule is CCc1nn(C)cc1CNC1(C)CC1. The smallest absolute Gasteiger partial charge is 0.0666 e. The zero-order valence-electron chi connectivity index (χ0n) is 9.30. The second-order valence-electron chi connectivity index (χ2n) is 4.54. The van der Waals surface area contributed by atoms with E-state index in [-0.39, 0.29) is 0 Å². The summed E-state index contributed by atoms with van der Waals surface area (Å²) in [5.74, 6) is 0. The van der Waals surface area contributed by atoms with Gasteiger partial charge in [-0.05, 0) is 26.2 Å². The summed E-state index contributed by atoms with van der Waals surface area (Å²) in [6.07, 6.45) is 5.77. The van der Waals surface area contributed by atoms with Gasteiger partial charge in [0.15, 0.2) is 0 Å². The summed E-state index contributed by atoms with van der Waals surface area (Å²) in [6.45, 7) is 5.41. The first-order valence-corrected chi connectivity index (χ1v) is 5.39. The molecule has 1 aromatic heterocycles. The van der Waals surface area contributed by atoms with Gasteiger partial charge in [0.25, 0.3) is 0 Å². The van der Waals surface area contributed by atoms with E-state index in [0.29, 0.717) is 5.54 Å². The number of hydrogen-bond acceptors (Lipinski definition) is 2. The molecule has 1 aliphatic carbocycles. The Labute approximate surface area is 85.5 Å². The Morgan fingerprint density at radius 3 is 2.86 bits per heavy atom. The Morgan fingerprint density at radius 1 is 1.57 bits per heavy atom. The molecule has 78 valence electrons. The van der Waals surface area contributed by atoms with Crippen LogP contribution in [0, 0.1) is 0 Å². The molecule has 0 radical (unpaired) electrons. The van der Waals surface area contributed by atoms with Crippen LogP contribution in [0.4, 0.5) is 0 Å². The first-order valence-electron chi connectivity index (χ1n) is 5.39. The zero-order valence-corrected chi connectivity index (χ0v) is 9.30. The largest absolute Gasteiger partial charge is 0.307 e. The number of nitrogens with one attached hydrogen (secondary N) is 1. The van der Waals surface area contributed by atoms with Crippen molar-refractivity contribution >= 4 is 0 Å². The van der Waals surface area contributed by atoms with Crippen LogP contribution in [-0.2, 0) is 20.0 Å². The van der Waals surface area contributed by atoms with Gasteiger partial charge in [-0.1, -0.05) is 6.92 Å². The predicted molar refractivity (Wildman–Crippen MR) is 57.1 cm³/mol. The first kappa shape index (κ1) is 9.71. The molecule has 0 saturated heterocycles. The molecule has 3 nitrogen and oxygen atoms in total. The van der Waals surface area contributed by atoms with E-state index in [2.05, 4.69) is 30.5 Å². The van der Waals surface area contributed by atoms with Crippen molar-refractivity contribution in [1.82, 2.24) is 15.1 Å². The first-order chi connectivity index (χ1) is 6.63. The van der Waals surface area contributed by atoms with Crippen molar-refractivity contribution in [3.63, 3.8) is 0 Å². The highest BCUT2D eigenvalue weighted by Crippen LogP contribution is 2.34. The molecule has 1 N–H and O–H groups in total. The van der Waals surface area contributed by atoms with E-state index >= 15 is 0 Å². The molecule has 0 spiro atoms. The molecule has 0 atom stereocenters. The molecule has 0 bridgehead atoms. The maximum atomic E-state index is 4.43. The molecule has 1 aromatic rings. The van der Waals surface area contributed by atoms with Crippen molar-refractivity contribution in [3.8, 4) is 0 Å². The van der Waals surface area contributed by atoms with E-state index in [4.69, 9.17) is 0 Å². The third-order valence-corrected chi connectivity index (χ3v) is 3.03. The maximum Gasteiger partial charge on any atom is 0.0666 e. The average Bonchev–Trinajstić information content (AvgIpc) is 2.76. The maximum absolute atomic E-state index is 4.43. The Bertz CT molecular complexity index is 323. The fourth-order valence-corrected chi connectivity index (χ4v) is 1.70. The lowest BCUT2D eigenvalue weighted by atomic mass is 10.2. The van der Waals surface area contributed by atoms with Gasteiger partial charge >= 0.3 is 0 Å². The van der Waals surface area contributed by atoms with Gasteiger partial charge in [-0.2, -0.15) is 5.10 Å². The molecule has 0 aliphatic heterocycles. The molecule has 0 aromatic carbocycles. The summed E-state index contributed by atoms with van der Waals surface area (Å²) in [5, 5.41) is 8.01. The quantitative estimate of drug-likeness (QED) is 0.787. The monoisotopic (exact) mass is 193 g/mol. The summed E-state index contributed by atoms with van der Waals surface area (Å²) in [5.41, 5.74) is 2.99. The van der Waals surface area contributed by atoms with Gasteiger partial charge in [-0.3, -0.25) is 4.68 Å². The lowest BCUT2D eigenvalue weighted by Gasteiger charge is -2.10. The Hall–Kier alpha value is -0.830. The number of nitrogens with zero attached hydrogens (tertiary/aromatic N) is 2. The zero-order chi connectivity index (χ0) is 10.2. The van der Waals surface area contributed by atoms with Gasteiger partial charge in [0.2, 0.25) is 0 Å². The standard InChI is InChI=1S/C11H19N3/c1-4-10-9(8-14(3)13-10)7-12-11(2)5-6-11/h8,12H,4-7H2,1-3H3. The van der Waals surface area contributed by atoms with E-state index < -0.39 is 0 Å². The molecule has 2 rings (SSSR count). The van der Waals surface area contributed by atoms with Crippen molar-refractivity contribution in [3.05, 3.63) is 17.5 Å². The van der Waals surface area contributed by atoms with E-state index in [1.807, 2.05) is 11.7 Å². The number of aromatic nitrogens is 2. The number of aryl methyl sites for hydroxylation is 2. The minimum atomic E-state index is 0.418. The summed E-state index contributed by atoms with van der Waals surface area (Å²) >= 11 is 0. The molecule has 1 saturated carbocycles. The summed E-state index contributed by atoms with van der Waals surface area (Å²) in [7, 11) is 1.99. The number of rotatable bonds is 4. The van der Waals surface area contributed by atoms with Gasteiger partial charge in [0.05, 0.1) is 5.69 Å². The Balaban J connectivity index is 2.00. The molecular formula is C11H19N3. The second kappa shape index (κ2) is 3.39. The van der Waals surface area contributed by atoms with Crippen LogP contribution in [0.2, 0.25) is 0 Å². The third-order valence-electron chi connectivity index (χ3n) is 3.03. The lowest BCUT2D eigenvalue weighted by molar-refractivity contribution is 0.536. The Morgan fingerprint density at radius 2 is 2.29 bits per heavy atom. The van der Waals surface area contributed by atoms with Gasteiger partial charge in [0.1, 0.15) is 0 Å². The lowest BCUT2D eigenvalue weighted by Crippen LogP contribution is -2.27. The van der Waals surface area contributed by atoms with E-state index in [1.54, 1.807) is 0 Å². The topological polar surface area (TPSA) is 29.9 Å². The summed E-state index contributed by atoms with van der Waals surface area (Å²) < 4.78 is 1.91. The van der Waals surface area contributed by atoms with Crippen molar-refractivity contribution < 1.29 is 0 Å². The highest BCUT2D eigenvalue weighted by atomic mass is 15.3. The van der Waals surface area contributed by atoms with Crippen molar-refractivity contribution in [2.24, 2.45) is 7.05 Å². The molecule has 1 aliphatic rings. The highest BCUT2D eigenvalue weighted by Gasteiger charge is 2.36. The normalized spacial score (nSPS) is 18.5. The molecule has 0 amide bonds. The van der Waals surface area contributed by atoms with Crippen molar-refractivity contribution in [1.29, 1.82) is 0 Å². The van der Waals surface area contributed by atoms with Gasteiger partial charge in [-0.15, -0.1) is 0 Å². The molecule has 14 heavy (non-hydrogen) atoms. The van der Waals surface area contributed by atoms with Gasteiger partial charge < -0.3 is 5.32 Å². The van der Waals surface area contributed by atoms with Crippen LogP contribution >= 0.6 is 0 Å². The molecule has 1 heterocycles. The summed E-state index contributed by atoms with van der Waals surface area (Å²) in [4.78, 5) is 0. The van der Waals surface area contributed by atoms with Gasteiger partial charge in [0, 0.05) is 30.9 Å². The van der Waals surface area contributed by atoms with Gasteiger partial charge in [-0.25, -0.2) is 0 Å². The van der Waals surface area contributed by atoms with Crippen LogP contribution in [0.3, 0.4) is 0 Å². The molecule has 0 unspecified atom stereocenters. The van der Waals surface area contributed by atoms with E-state index in [0.717, 1.165) is 13.0 Å². The molecule has 3 heteroatoms. The van der Waals surface area contributed by atoms with Crippen molar-refractivity contribution in [2.75, 3.05) is 0 Å². The van der Waals surface area contributed by atoms with E-state index in [1.165, 1.54) is 24.1 Å². The van der Waals surface area contributed by atoms with Crippen LogP contribution in [0.1, 0.15) is 37.9 Å². The van der Waals surface area contributed by atoms with Crippen LogP contribution < -0.4 is 5.32 Å². The van der Waals surface area contributed by atoms with Crippen molar-refractivity contribution in [2.45, 2.75) is 45.2 Å². The van der Waals surface area contributed by atoms with Crippen LogP contribution in [0.25, 0.3) is 0 Å². The second-order valence-corrected chi connectivity index (χ2v) is 4.54. The number of hydrogen-bond donors (Lipinski definition) is 1. The predicted octanol–water partition coefficient (Wildman–Crippen LogP) is 1.62.